The minimum Gasteiger partial charge on any atom is -0.497 e. The lowest BCUT2D eigenvalue weighted by molar-refractivity contribution is 0.414. The zero-order valence-corrected chi connectivity index (χ0v) is 10.1. The second-order valence-electron chi connectivity index (χ2n) is 4.30. The van der Waals surface area contributed by atoms with Gasteiger partial charge in [-0.1, -0.05) is 26.0 Å². The van der Waals surface area contributed by atoms with Crippen molar-refractivity contribution in [2.24, 2.45) is 5.92 Å². The molecule has 1 aromatic rings. The molecule has 1 rings (SSSR count). The van der Waals surface area contributed by atoms with E-state index in [1.165, 1.54) is 5.56 Å². The van der Waals surface area contributed by atoms with Crippen molar-refractivity contribution < 1.29 is 4.74 Å². The summed E-state index contributed by atoms with van der Waals surface area (Å²) in [5.74, 6) is 1.60. The van der Waals surface area contributed by atoms with Crippen LogP contribution in [0.2, 0.25) is 0 Å². The second kappa shape index (κ2) is 5.76. The normalized spacial score (nSPS) is 12.9. The van der Waals surface area contributed by atoms with Gasteiger partial charge in [-0.3, -0.25) is 0 Å². The Labute approximate surface area is 92.6 Å². The van der Waals surface area contributed by atoms with Crippen LogP contribution in [-0.4, -0.2) is 13.7 Å². The summed E-state index contributed by atoms with van der Waals surface area (Å²) in [5.41, 5.74) is 1.30. The van der Waals surface area contributed by atoms with E-state index in [2.05, 4.69) is 38.2 Å². The Balaban J connectivity index is 2.54. The smallest absolute Gasteiger partial charge is 0.118 e. The van der Waals surface area contributed by atoms with Crippen molar-refractivity contribution in [2.45, 2.75) is 26.8 Å². The van der Waals surface area contributed by atoms with Gasteiger partial charge >= 0.3 is 0 Å². The van der Waals surface area contributed by atoms with E-state index in [0.29, 0.717) is 12.0 Å². The van der Waals surface area contributed by atoms with E-state index in [4.69, 9.17) is 4.74 Å². The van der Waals surface area contributed by atoms with Crippen LogP contribution in [0.3, 0.4) is 0 Å². The van der Waals surface area contributed by atoms with E-state index in [1.54, 1.807) is 7.11 Å². The summed E-state index contributed by atoms with van der Waals surface area (Å²) < 4.78 is 5.13. The molecule has 0 aromatic heterocycles. The maximum absolute atomic E-state index is 5.13. The highest BCUT2D eigenvalue weighted by atomic mass is 16.5. The molecular formula is C13H21NO. The van der Waals surface area contributed by atoms with Crippen molar-refractivity contribution in [3.63, 3.8) is 0 Å². The number of benzene rings is 1. The van der Waals surface area contributed by atoms with Crippen molar-refractivity contribution in [1.29, 1.82) is 0 Å². The Bertz CT molecular complexity index is 279. The number of ether oxygens (including phenoxy) is 1. The van der Waals surface area contributed by atoms with Crippen LogP contribution in [0.4, 0.5) is 0 Å². The van der Waals surface area contributed by atoms with Gasteiger partial charge in [0.2, 0.25) is 0 Å². The first kappa shape index (κ1) is 12.1. The predicted octanol–water partition coefficient (Wildman–Crippen LogP) is 3.00. The molecule has 1 N–H and O–H groups in total. The van der Waals surface area contributed by atoms with Gasteiger partial charge in [-0.05, 0) is 37.1 Å². The molecule has 0 fully saturated rings. The van der Waals surface area contributed by atoms with E-state index in [-0.39, 0.29) is 0 Å². The van der Waals surface area contributed by atoms with Gasteiger partial charge in [-0.25, -0.2) is 0 Å². The van der Waals surface area contributed by atoms with Gasteiger partial charge in [0.1, 0.15) is 5.75 Å². The van der Waals surface area contributed by atoms with Gasteiger partial charge in [0.15, 0.2) is 0 Å². The monoisotopic (exact) mass is 207 g/mol. The zero-order chi connectivity index (χ0) is 11.3. The summed E-state index contributed by atoms with van der Waals surface area (Å²) in [4.78, 5) is 0. The summed E-state index contributed by atoms with van der Waals surface area (Å²) in [6.45, 7) is 7.67. The predicted molar refractivity (Wildman–Crippen MR) is 64.2 cm³/mol. The highest BCUT2D eigenvalue weighted by molar-refractivity contribution is 5.28. The van der Waals surface area contributed by atoms with Crippen LogP contribution in [-0.2, 0) is 0 Å². The molecule has 1 atom stereocenters. The summed E-state index contributed by atoms with van der Waals surface area (Å²) >= 11 is 0. The summed E-state index contributed by atoms with van der Waals surface area (Å²) in [6.07, 6.45) is 0. The summed E-state index contributed by atoms with van der Waals surface area (Å²) in [5, 5.41) is 3.49. The molecule has 0 aliphatic rings. The Hall–Kier alpha value is -1.02. The quantitative estimate of drug-likeness (QED) is 0.801. The first-order chi connectivity index (χ1) is 7.13. The average Bonchev–Trinajstić information content (AvgIpc) is 2.26. The van der Waals surface area contributed by atoms with E-state index in [0.717, 1.165) is 12.3 Å². The lowest BCUT2D eigenvalue weighted by Gasteiger charge is -2.16. The van der Waals surface area contributed by atoms with Gasteiger partial charge in [0, 0.05) is 6.04 Å². The Morgan fingerprint density at radius 3 is 2.20 bits per heavy atom. The van der Waals surface area contributed by atoms with E-state index < -0.39 is 0 Å². The SMILES string of the molecule is COc1ccc([C@@H](C)NCC(C)C)cc1. The van der Waals surface area contributed by atoms with Crippen LogP contribution in [0.25, 0.3) is 0 Å². The highest BCUT2D eigenvalue weighted by Crippen LogP contribution is 2.17. The molecule has 0 saturated carbocycles. The van der Waals surface area contributed by atoms with Gasteiger partial charge < -0.3 is 10.1 Å². The molecule has 0 heterocycles. The molecule has 0 aliphatic heterocycles. The van der Waals surface area contributed by atoms with Crippen LogP contribution in [0, 0.1) is 5.92 Å². The third-order valence-electron chi connectivity index (χ3n) is 2.45. The van der Waals surface area contributed by atoms with Gasteiger partial charge in [-0.15, -0.1) is 0 Å². The second-order valence-corrected chi connectivity index (χ2v) is 4.30. The van der Waals surface area contributed by atoms with Crippen LogP contribution in [0.1, 0.15) is 32.4 Å². The largest absolute Gasteiger partial charge is 0.497 e. The summed E-state index contributed by atoms with van der Waals surface area (Å²) in [6, 6.07) is 8.62. The molecule has 15 heavy (non-hydrogen) atoms. The Morgan fingerprint density at radius 2 is 1.73 bits per heavy atom. The van der Waals surface area contributed by atoms with Crippen LogP contribution in [0.15, 0.2) is 24.3 Å². The third-order valence-corrected chi connectivity index (χ3v) is 2.45. The van der Waals surface area contributed by atoms with E-state index in [1.807, 2.05) is 12.1 Å². The number of methoxy groups -OCH3 is 1. The molecule has 0 unspecified atom stereocenters. The fraction of sp³-hybridized carbons (Fsp3) is 0.538. The maximum Gasteiger partial charge on any atom is 0.118 e. The van der Waals surface area contributed by atoms with Gasteiger partial charge in [0.25, 0.3) is 0 Å². The highest BCUT2D eigenvalue weighted by Gasteiger charge is 2.05. The van der Waals surface area contributed by atoms with Crippen LogP contribution >= 0.6 is 0 Å². The topological polar surface area (TPSA) is 21.3 Å². The van der Waals surface area contributed by atoms with E-state index >= 15 is 0 Å². The number of rotatable bonds is 5. The average molecular weight is 207 g/mol. The lowest BCUT2D eigenvalue weighted by atomic mass is 10.1. The minimum atomic E-state index is 0.401. The molecule has 2 heteroatoms. The molecule has 2 nitrogen and oxygen atoms in total. The molecule has 0 spiro atoms. The number of hydrogen-bond donors (Lipinski definition) is 1. The standard InChI is InChI=1S/C13H21NO/c1-10(2)9-14-11(3)12-5-7-13(15-4)8-6-12/h5-8,10-11,14H,9H2,1-4H3/t11-/m1/s1. The Kier molecular flexibility index (Phi) is 4.63. The molecule has 1 aromatic carbocycles. The molecule has 0 aliphatic carbocycles. The van der Waals surface area contributed by atoms with Crippen molar-refractivity contribution in [1.82, 2.24) is 5.32 Å². The molecule has 0 saturated heterocycles. The van der Waals surface area contributed by atoms with Crippen molar-refractivity contribution in [2.75, 3.05) is 13.7 Å². The fourth-order valence-electron chi connectivity index (χ4n) is 1.42. The van der Waals surface area contributed by atoms with Crippen molar-refractivity contribution in [3.8, 4) is 5.75 Å². The molecule has 0 amide bonds. The van der Waals surface area contributed by atoms with Crippen LogP contribution in [0.5, 0.6) is 5.75 Å². The minimum absolute atomic E-state index is 0.401. The van der Waals surface area contributed by atoms with Crippen molar-refractivity contribution in [3.05, 3.63) is 29.8 Å². The molecule has 84 valence electrons. The van der Waals surface area contributed by atoms with Crippen molar-refractivity contribution >= 4 is 0 Å². The maximum atomic E-state index is 5.13. The number of hydrogen-bond acceptors (Lipinski definition) is 2. The first-order valence-corrected chi connectivity index (χ1v) is 5.50. The lowest BCUT2D eigenvalue weighted by Crippen LogP contribution is -2.23. The first-order valence-electron chi connectivity index (χ1n) is 5.50. The van der Waals surface area contributed by atoms with Crippen LogP contribution < -0.4 is 10.1 Å². The van der Waals surface area contributed by atoms with E-state index in [9.17, 15) is 0 Å². The van der Waals surface area contributed by atoms with Gasteiger partial charge in [0.05, 0.1) is 7.11 Å². The zero-order valence-electron chi connectivity index (χ0n) is 10.1. The third kappa shape index (κ3) is 3.92. The molecule has 0 bridgehead atoms. The molecular weight excluding hydrogens is 186 g/mol. The Morgan fingerprint density at radius 1 is 1.13 bits per heavy atom. The van der Waals surface area contributed by atoms with Gasteiger partial charge in [-0.2, -0.15) is 0 Å². The molecule has 0 radical (unpaired) electrons. The number of nitrogens with one attached hydrogen (secondary N) is 1. The summed E-state index contributed by atoms with van der Waals surface area (Å²) in [7, 11) is 1.69. The fourth-order valence-corrected chi connectivity index (χ4v) is 1.42.